The Morgan fingerprint density at radius 2 is 1.83 bits per heavy atom. The summed E-state index contributed by atoms with van der Waals surface area (Å²) in [5, 5.41) is 2.16. The number of hydrogen-bond donors (Lipinski definition) is 2. The number of carbonyl (C=O) groups is 2. The van der Waals surface area contributed by atoms with Crippen molar-refractivity contribution in [1.82, 2.24) is 10.9 Å². The van der Waals surface area contributed by atoms with Gasteiger partial charge in [0.15, 0.2) is 6.10 Å². The Balaban J connectivity index is 1.55. The number of ether oxygens (including phenoxy) is 1. The van der Waals surface area contributed by atoms with E-state index in [0.29, 0.717) is 11.7 Å². The molecule has 23 heavy (non-hydrogen) atoms. The highest BCUT2D eigenvalue weighted by molar-refractivity contribution is 5.87. The summed E-state index contributed by atoms with van der Waals surface area (Å²) < 4.78 is 5.65. The van der Waals surface area contributed by atoms with Crippen LogP contribution in [0.15, 0.2) is 42.5 Å². The summed E-state index contributed by atoms with van der Waals surface area (Å²) >= 11 is 0. The first-order valence-electron chi connectivity index (χ1n) is 7.80. The number of benzene rings is 2. The highest BCUT2D eigenvalue weighted by Gasteiger charge is 2.39. The van der Waals surface area contributed by atoms with E-state index in [1.165, 1.54) is 0 Å². The van der Waals surface area contributed by atoms with Gasteiger partial charge in [-0.05, 0) is 42.2 Å². The molecule has 0 radical (unpaired) electrons. The minimum atomic E-state index is -0.701. The minimum Gasteiger partial charge on any atom is -0.481 e. The second-order valence-corrected chi connectivity index (χ2v) is 6.07. The van der Waals surface area contributed by atoms with Crippen LogP contribution in [-0.2, 0) is 9.59 Å². The standard InChI is InChI=1S/C18H20N2O3/c1-11-9-16(11)18(22)20-19-17(21)12(2)23-15-8-7-13-5-3-4-6-14(13)10-15/h3-8,10-12,16H,9H2,1-2H3,(H,19,21)(H,20,22). The van der Waals surface area contributed by atoms with Gasteiger partial charge in [-0.1, -0.05) is 37.3 Å². The zero-order chi connectivity index (χ0) is 16.4. The van der Waals surface area contributed by atoms with Gasteiger partial charge < -0.3 is 4.74 Å². The summed E-state index contributed by atoms with van der Waals surface area (Å²) in [5.74, 6) is 0.530. The summed E-state index contributed by atoms with van der Waals surface area (Å²) in [4.78, 5) is 23.7. The molecule has 120 valence electrons. The Bertz CT molecular complexity index is 744. The molecule has 0 bridgehead atoms. The lowest BCUT2D eigenvalue weighted by molar-refractivity contribution is -0.133. The van der Waals surface area contributed by atoms with E-state index in [1.54, 1.807) is 6.92 Å². The highest BCUT2D eigenvalue weighted by atomic mass is 16.5. The largest absolute Gasteiger partial charge is 0.481 e. The van der Waals surface area contributed by atoms with E-state index in [1.807, 2.05) is 49.4 Å². The lowest BCUT2D eigenvalue weighted by Gasteiger charge is -2.15. The van der Waals surface area contributed by atoms with E-state index >= 15 is 0 Å². The number of rotatable bonds is 4. The third kappa shape index (κ3) is 3.62. The molecule has 5 heteroatoms. The zero-order valence-electron chi connectivity index (χ0n) is 13.2. The quantitative estimate of drug-likeness (QED) is 0.852. The molecule has 0 heterocycles. The molecule has 0 aliphatic heterocycles. The maximum absolute atomic E-state index is 12.0. The number of fused-ring (bicyclic) bond motifs is 1. The molecular weight excluding hydrogens is 292 g/mol. The van der Waals surface area contributed by atoms with Crippen LogP contribution < -0.4 is 15.6 Å². The van der Waals surface area contributed by atoms with Gasteiger partial charge in [-0.15, -0.1) is 0 Å². The Kier molecular flexibility index (Phi) is 4.19. The predicted octanol–water partition coefficient (Wildman–Crippen LogP) is 2.41. The maximum atomic E-state index is 12.0. The van der Waals surface area contributed by atoms with E-state index in [9.17, 15) is 9.59 Å². The van der Waals surface area contributed by atoms with Gasteiger partial charge in [0.2, 0.25) is 5.91 Å². The SMILES string of the molecule is CC(Oc1ccc2ccccc2c1)C(=O)NNC(=O)C1CC1C. The summed E-state index contributed by atoms with van der Waals surface area (Å²) in [7, 11) is 0. The number of amides is 2. The monoisotopic (exact) mass is 312 g/mol. The van der Waals surface area contributed by atoms with Crippen molar-refractivity contribution >= 4 is 22.6 Å². The summed E-state index contributed by atoms with van der Waals surface area (Å²) in [6.45, 7) is 3.66. The molecule has 3 atom stereocenters. The fourth-order valence-corrected chi connectivity index (χ4v) is 2.50. The number of hydrogen-bond acceptors (Lipinski definition) is 3. The molecule has 0 saturated heterocycles. The van der Waals surface area contributed by atoms with Crippen LogP contribution in [0.1, 0.15) is 20.3 Å². The van der Waals surface area contributed by atoms with Crippen LogP contribution in [-0.4, -0.2) is 17.9 Å². The molecular formula is C18H20N2O3. The van der Waals surface area contributed by atoms with Crippen LogP contribution in [0, 0.1) is 11.8 Å². The van der Waals surface area contributed by atoms with Gasteiger partial charge in [0.25, 0.3) is 5.91 Å². The van der Waals surface area contributed by atoms with Crippen molar-refractivity contribution in [2.75, 3.05) is 0 Å². The lowest BCUT2D eigenvalue weighted by Crippen LogP contribution is -2.47. The molecule has 2 N–H and O–H groups in total. The molecule has 2 aromatic carbocycles. The molecule has 1 aliphatic carbocycles. The van der Waals surface area contributed by atoms with E-state index in [2.05, 4.69) is 10.9 Å². The van der Waals surface area contributed by atoms with E-state index in [0.717, 1.165) is 17.2 Å². The van der Waals surface area contributed by atoms with Crippen LogP contribution in [0.5, 0.6) is 5.75 Å². The molecule has 0 spiro atoms. The van der Waals surface area contributed by atoms with E-state index in [-0.39, 0.29) is 17.7 Å². The molecule has 1 saturated carbocycles. The second kappa shape index (κ2) is 6.28. The van der Waals surface area contributed by atoms with Gasteiger partial charge in [-0.3, -0.25) is 20.4 Å². The van der Waals surface area contributed by atoms with Crippen LogP contribution >= 0.6 is 0 Å². The molecule has 3 rings (SSSR count). The molecule has 2 amide bonds. The van der Waals surface area contributed by atoms with Crippen molar-refractivity contribution in [3.05, 3.63) is 42.5 Å². The van der Waals surface area contributed by atoms with Gasteiger partial charge in [0.1, 0.15) is 5.75 Å². The normalized spacial score (nSPS) is 20.6. The van der Waals surface area contributed by atoms with Crippen LogP contribution in [0.4, 0.5) is 0 Å². The van der Waals surface area contributed by atoms with Crippen molar-refractivity contribution in [2.24, 2.45) is 11.8 Å². The Labute approximate surface area is 135 Å². The topological polar surface area (TPSA) is 67.4 Å². The predicted molar refractivity (Wildman–Crippen MR) is 87.6 cm³/mol. The number of nitrogens with one attached hydrogen (secondary N) is 2. The van der Waals surface area contributed by atoms with Gasteiger partial charge in [0.05, 0.1) is 0 Å². The zero-order valence-corrected chi connectivity index (χ0v) is 13.2. The van der Waals surface area contributed by atoms with E-state index < -0.39 is 6.10 Å². The molecule has 3 unspecified atom stereocenters. The first kappa shape index (κ1) is 15.3. The average molecular weight is 312 g/mol. The summed E-state index contributed by atoms with van der Waals surface area (Å²) in [6, 6.07) is 13.6. The van der Waals surface area contributed by atoms with Crippen molar-refractivity contribution in [2.45, 2.75) is 26.4 Å². The Hall–Kier alpha value is -2.56. The minimum absolute atomic E-state index is 0.0204. The third-order valence-corrected chi connectivity index (χ3v) is 4.16. The first-order valence-corrected chi connectivity index (χ1v) is 7.80. The number of hydrazine groups is 1. The third-order valence-electron chi connectivity index (χ3n) is 4.16. The van der Waals surface area contributed by atoms with Crippen molar-refractivity contribution < 1.29 is 14.3 Å². The molecule has 2 aromatic rings. The van der Waals surface area contributed by atoms with Crippen LogP contribution in [0.25, 0.3) is 10.8 Å². The van der Waals surface area contributed by atoms with Crippen LogP contribution in [0.2, 0.25) is 0 Å². The van der Waals surface area contributed by atoms with Gasteiger partial charge in [0, 0.05) is 5.92 Å². The number of carbonyl (C=O) groups excluding carboxylic acids is 2. The molecule has 5 nitrogen and oxygen atoms in total. The fraction of sp³-hybridized carbons (Fsp3) is 0.333. The first-order chi connectivity index (χ1) is 11.0. The Morgan fingerprint density at radius 3 is 2.52 bits per heavy atom. The summed E-state index contributed by atoms with van der Waals surface area (Å²) in [5.41, 5.74) is 4.87. The Morgan fingerprint density at radius 1 is 1.13 bits per heavy atom. The van der Waals surface area contributed by atoms with E-state index in [4.69, 9.17) is 4.74 Å². The van der Waals surface area contributed by atoms with Gasteiger partial charge >= 0.3 is 0 Å². The van der Waals surface area contributed by atoms with Gasteiger partial charge in [-0.2, -0.15) is 0 Å². The van der Waals surface area contributed by atoms with Crippen molar-refractivity contribution in [3.63, 3.8) is 0 Å². The maximum Gasteiger partial charge on any atom is 0.279 e. The smallest absolute Gasteiger partial charge is 0.279 e. The fourth-order valence-electron chi connectivity index (χ4n) is 2.50. The highest BCUT2D eigenvalue weighted by Crippen LogP contribution is 2.37. The average Bonchev–Trinajstić information content (AvgIpc) is 3.29. The van der Waals surface area contributed by atoms with Crippen LogP contribution in [0.3, 0.4) is 0 Å². The van der Waals surface area contributed by atoms with Crippen molar-refractivity contribution in [1.29, 1.82) is 0 Å². The molecule has 1 aliphatic rings. The second-order valence-electron chi connectivity index (χ2n) is 6.07. The lowest BCUT2D eigenvalue weighted by atomic mass is 10.1. The molecule has 1 fully saturated rings. The molecule has 0 aromatic heterocycles. The van der Waals surface area contributed by atoms with Gasteiger partial charge in [-0.25, -0.2) is 0 Å². The van der Waals surface area contributed by atoms with Crippen molar-refractivity contribution in [3.8, 4) is 5.75 Å². The summed E-state index contributed by atoms with van der Waals surface area (Å²) in [6.07, 6.45) is 0.179.